The van der Waals surface area contributed by atoms with Gasteiger partial charge in [-0.15, -0.1) is 0 Å². The van der Waals surface area contributed by atoms with Gasteiger partial charge in [-0.25, -0.2) is 0 Å². The quantitative estimate of drug-likeness (QED) is 0.850. The van der Waals surface area contributed by atoms with Crippen LogP contribution in [0.5, 0.6) is 0 Å². The summed E-state index contributed by atoms with van der Waals surface area (Å²) >= 11 is 1.83. The first-order valence-corrected chi connectivity index (χ1v) is 4.94. The molecule has 0 aliphatic carbocycles. The van der Waals surface area contributed by atoms with Crippen LogP contribution < -0.4 is 5.73 Å². The maximum Gasteiger partial charge on any atom is 0.417 e. The number of nitrogens with two attached hydrogens (primary N) is 1. The maximum absolute atomic E-state index is 12.2. The van der Waals surface area contributed by atoms with Gasteiger partial charge in [0.15, 0.2) is 0 Å². The lowest BCUT2D eigenvalue weighted by atomic mass is 10.2. The summed E-state index contributed by atoms with van der Waals surface area (Å²) in [5.41, 5.74) is 5.18. The smallest absolute Gasteiger partial charge is 0.330 e. The number of alkyl halides is 3. The van der Waals surface area contributed by atoms with Gasteiger partial charge >= 0.3 is 6.18 Å². The van der Waals surface area contributed by atoms with E-state index in [1.165, 1.54) is 0 Å². The fourth-order valence-corrected chi connectivity index (χ4v) is 1.69. The molecule has 0 amide bonds. The number of nitrogens with zero attached hydrogens (tertiary/aromatic N) is 1. The van der Waals surface area contributed by atoms with Gasteiger partial charge in [0.1, 0.15) is 0 Å². The zero-order valence-corrected chi connectivity index (χ0v) is 9.26. The van der Waals surface area contributed by atoms with E-state index in [4.69, 9.17) is 5.73 Å². The van der Waals surface area contributed by atoms with Crippen molar-refractivity contribution in [2.75, 3.05) is 6.54 Å². The van der Waals surface area contributed by atoms with E-state index < -0.39 is 11.7 Å². The molecule has 0 spiro atoms. The predicted octanol–water partition coefficient (Wildman–Crippen LogP) is 2.21. The Morgan fingerprint density at radius 1 is 1.43 bits per heavy atom. The number of aromatic nitrogens is 1. The van der Waals surface area contributed by atoms with Gasteiger partial charge in [-0.3, -0.25) is 4.98 Å². The first-order valence-electron chi connectivity index (χ1n) is 3.87. The minimum atomic E-state index is -4.33. The van der Waals surface area contributed by atoms with Crippen LogP contribution in [0.15, 0.2) is 12.3 Å². The zero-order valence-electron chi connectivity index (χ0n) is 7.11. The summed E-state index contributed by atoms with van der Waals surface area (Å²) in [5, 5.41) is 0. The predicted molar refractivity (Wildman–Crippen MR) is 54.7 cm³/mol. The van der Waals surface area contributed by atoms with Gasteiger partial charge in [-0.1, -0.05) is 0 Å². The Balaban J connectivity index is 3.01. The van der Waals surface area contributed by atoms with Crippen LogP contribution in [0.3, 0.4) is 0 Å². The molecule has 0 aromatic carbocycles. The molecule has 0 aliphatic heterocycles. The lowest BCUT2D eigenvalue weighted by Crippen LogP contribution is -2.10. The van der Waals surface area contributed by atoms with E-state index >= 15 is 0 Å². The number of hydrogen-bond acceptors (Lipinski definition) is 2. The molecule has 0 saturated carbocycles. The third kappa shape index (κ3) is 2.81. The first kappa shape index (κ1) is 11.7. The second kappa shape index (κ2) is 4.43. The van der Waals surface area contributed by atoms with Gasteiger partial charge in [-0.2, -0.15) is 13.2 Å². The van der Waals surface area contributed by atoms with Gasteiger partial charge < -0.3 is 5.73 Å². The lowest BCUT2D eigenvalue weighted by molar-refractivity contribution is -0.137. The topological polar surface area (TPSA) is 38.9 Å². The second-order valence-electron chi connectivity index (χ2n) is 2.69. The molecule has 0 fully saturated rings. The van der Waals surface area contributed by atoms with Crippen molar-refractivity contribution in [3.8, 4) is 0 Å². The van der Waals surface area contributed by atoms with E-state index in [0.717, 1.165) is 12.3 Å². The highest BCUT2D eigenvalue weighted by Gasteiger charge is 2.31. The van der Waals surface area contributed by atoms with Gasteiger partial charge in [-0.05, 0) is 35.2 Å². The van der Waals surface area contributed by atoms with Gasteiger partial charge in [0.25, 0.3) is 0 Å². The highest BCUT2D eigenvalue weighted by molar-refractivity contribution is 14.1. The fourth-order valence-electron chi connectivity index (χ4n) is 0.942. The van der Waals surface area contributed by atoms with Crippen LogP contribution in [0.25, 0.3) is 0 Å². The molecule has 0 saturated heterocycles. The Labute approximate surface area is 92.8 Å². The molecule has 0 radical (unpaired) electrons. The second-order valence-corrected chi connectivity index (χ2v) is 3.85. The van der Waals surface area contributed by atoms with Gasteiger partial charge in [0, 0.05) is 16.2 Å². The largest absolute Gasteiger partial charge is 0.417 e. The van der Waals surface area contributed by atoms with Crippen molar-refractivity contribution < 1.29 is 13.2 Å². The average Bonchev–Trinajstić information content (AvgIpc) is 2.07. The SMILES string of the molecule is NCCc1ncc(C(F)(F)F)cc1I. The summed E-state index contributed by atoms with van der Waals surface area (Å²) in [6.45, 7) is 0.383. The van der Waals surface area contributed by atoms with Crippen LogP contribution in [0.1, 0.15) is 11.3 Å². The molecule has 6 heteroatoms. The minimum absolute atomic E-state index is 0.383. The fraction of sp³-hybridized carbons (Fsp3) is 0.375. The standard InChI is InChI=1S/C8H8F3IN2/c9-8(10,11)5-3-6(12)7(1-2-13)14-4-5/h3-4H,1-2,13H2. The molecule has 2 nitrogen and oxygen atoms in total. The summed E-state index contributed by atoms with van der Waals surface area (Å²) in [6, 6.07) is 1.08. The van der Waals surface area contributed by atoms with Crippen LogP contribution in [0.4, 0.5) is 13.2 Å². The Kier molecular flexibility index (Phi) is 3.71. The first-order chi connectivity index (χ1) is 6.45. The number of pyridine rings is 1. The van der Waals surface area contributed by atoms with E-state index in [-0.39, 0.29) is 0 Å². The normalized spacial score (nSPS) is 11.8. The third-order valence-electron chi connectivity index (χ3n) is 1.63. The Morgan fingerprint density at radius 2 is 2.07 bits per heavy atom. The van der Waals surface area contributed by atoms with E-state index in [9.17, 15) is 13.2 Å². The van der Waals surface area contributed by atoms with Crippen molar-refractivity contribution in [1.29, 1.82) is 0 Å². The number of halogens is 4. The Morgan fingerprint density at radius 3 is 2.50 bits per heavy atom. The molecular weight excluding hydrogens is 308 g/mol. The molecule has 14 heavy (non-hydrogen) atoms. The van der Waals surface area contributed by atoms with Crippen LogP contribution >= 0.6 is 22.6 Å². The third-order valence-corrected chi connectivity index (χ3v) is 2.56. The molecule has 1 heterocycles. The van der Waals surface area contributed by atoms with E-state index in [1.54, 1.807) is 0 Å². The van der Waals surface area contributed by atoms with Gasteiger partial charge in [0.05, 0.1) is 11.3 Å². The molecule has 0 unspecified atom stereocenters. The highest BCUT2D eigenvalue weighted by atomic mass is 127. The highest BCUT2D eigenvalue weighted by Crippen LogP contribution is 2.30. The van der Waals surface area contributed by atoms with Crippen molar-refractivity contribution in [3.63, 3.8) is 0 Å². The van der Waals surface area contributed by atoms with Crippen molar-refractivity contribution in [2.24, 2.45) is 5.73 Å². The van der Waals surface area contributed by atoms with E-state index in [2.05, 4.69) is 4.98 Å². The van der Waals surface area contributed by atoms with Crippen molar-refractivity contribution in [3.05, 3.63) is 27.1 Å². The van der Waals surface area contributed by atoms with Gasteiger partial charge in [0.2, 0.25) is 0 Å². The molecule has 1 aromatic heterocycles. The lowest BCUT2D eigenvalue weighted by Gasteiger charge is -2.08. The molecule has 0 aliphatic rings. The average molecular weight is 316 g/mol. The number of hydrogen-bond donors (Lipinski definition) is 1. The number of rotatable bonds is 2. The summed E-state index contributed by atoms with van der Waals surface area (Å²) in [6.07, 6.45) is -2.99. The zero-order chi connectivity index (χ0) is 10.8. The molecule has 1 rings (SSSR count). The Hall–Kier alpha value is -0.370. The van der Waals surface area contributed by atoms with Crippen molar-refractivity contribution >= 4 is 22.6 Å². The summed E-state index contributed by atoms with van der Waals surface area (Å²) in [7, 11) is 0. The molecule has 0 bridgehead atoms. The summed E-state index contributed by atoms with van der Waals surface area (Å²) in [4.78, 5) is 3.73. The van der Waals surface area contributed by atoms with E-state index in [0.29, 0.717) is 22.2 Å². The monoisotopic (exact) mass is 316 g/mol. The summed E-state index contributed by atoms with van der Waals surface area (Å²) < 4.78 is 37.2. The minimum Gasteiger partial charge on any atom is -0.330 e. The maximum atomic E-state index is 12.2. The van der Waals surface area contributed by atoms with Crippen molar-refractivity contribution in [2.45, 2.75) is 12.6 Å². The summed E-state index contributed by atoms with van der Waals surface area (Å²) in [5.74, 6) is 0. The molecule has 0 atom stereocenters. The molecule has 1 aromatic rings. The van der Waals surface area contributed by atoms with E-state index in [1.807, 2.05) is 22.6 Å². The van der Waals surface area contributed by atoms with Crippen LogP contribution in [0, 0.1) is 3.57 Å². The molecule has 78 valence electrons. The molecule has 2 N–H and O–H groups in total. The Bertz CT molecular complexity index is 325. The van der Waals surface area contributed by atoms with Crippen LogP contribution in [-0.2, 0) is 12.6 Å². The van der Waals surface area contributed by atoms with Crippen molar-refractivity contribution in [1.82, 2.24) is 4.98 Å². The van der Waals surface area contributed by atoms with Crippen LogP contribution in [0.2, 0.25) is 0 Å². The van der Waals surface area contributed by atoms with Crippen LogP contribution in [-0.4, -0.2) is 11.5 Å². The molecular formula is C8H8F3IN2.